The molecule has 0 atom stereocenters. The van der Waals surface area contributed by atoms with Crippen molar-refractivity contribution in [2.24, 2.45) is 0 Å². The Kier molecular flexibility index (Phi) is 1.33. The minimum absolute atomic E-state index is 0.227. The Morgan fingerprint density at radius 2 is 2.25 bits per heavy atom. The maximum absolute atomic E-state index is 11.3. The first kappa shape index (κ1) is 7.72. The summed E-state index contributed by atoms with van der Waals surface area (Å²) in [7, 11) is -3.11. The monoisotopic (exact) mass is 188 g/mol. The number of hydrogen-bond acceptors (Lipinski definition) is 5. The zero-order valence-electron chi connectivity index (χ0n) is 6.52. The lowest BCUT2D eigenvalue weighted by atomic mass is 10.4. The van der Waals surface area contributed by atoms with Crippen LogP contribution in [-0.2, 0) is 14.6 Å². The van der Waals surface area contributed by atoms with Crippen molar-refractivity contribution in [1.82, 2.24) is 10.1 Å². The van der Waals surface area contributed by atoms with E-state index in [2.05, 4.69) is 10.1 Å². The van der Waals surface area contributed by atoms with Crippen molar-refractivity contribution in [2.45, 2.75) is 17.6 Å². The molecule has 1 fully saturated rings. The van der Waals surface area contributed by atoms with Gasteiger partial charge in [-0.2, -0.15) is 4.98 Å². The molecule has 0 unspecified atom stereocenters. The fourth-order valence-corrected chi connectivity index (χ4v) is 2.48. The zero-order chi connectivity index (χ0) is 8.82. The second-order valence-corrected chi connectivity index (χ2v) is 5.34. The first-order valence-electron chi connectivity index (χ1n) is 3.53. The van der Waals surface area contributed by atoms with Gasteiger partial charge in [0.2, 0.25) is 5.89 Å². The Hall–Kier alpha value is -0.910. The highest BCUT2D eigenvalue weighted by molar-refractivity contribution is 7.91. The topological polar surface area (TPSA) is 73.1 Å². The number of aromatic nitrogens is 2. The van der Waals surface area contributed by atoms with E-state index in [1.54, 1.807) is 0 Å². The molecule has 2 rings (SSSR count). The summed E-state index contributed by atoms with van der Waals surface area (Å²) < 4.78 is 26.5. The molecule has 1 saturated carbocycles. The summed E-state index contributed by atoms with van der Waals surface area (Å²) in [5.41, 5.74) is 0. The minimum atomic E-state index is -3.11. The second-order valence-electron chi connectivity index (χ2n) is 3.01. The molecule has 0 bridgehead atoms. The number of nitrogens with zero attached hydrogens (tertiary/aromatic N) is 2. The van der Waals surface area contributed by atoms with Gasteiger partial charge in [-0.05, 0) is 12.8 Å². The van der Waals surface area contributed by atoms with E-state index in [-0.39, 0.29) is 5.89 Å². The summed E-state index contributed by atoms with van der Waals surface area (Å²) in [5, 5.41) is 3.39. The van der Waals surface area contributed by atoms with Gasteiger partial charge in [-0.15, -0.1) is 0 Å². The third-order valence-corrected chi connectivity index (χ3v) is 4.17. The first-order valence-corrected chi connectivity index (χ1v) is 5.42. The molecule has 0 radical (unpaired) electrons. The van der Waals surface area contributed by atoms with Crippen molar-refractivity contribution in [3.8, 4) is 0 Å². The predicted molar refractivity (Wildman–Crippen MR) is 40.1 cm³/mol. The van der Waals surface area contributed by atoms with Crippen LogP contribution in [0.2, 0.25) is 0 Å². The van der Waals surface area contributed by atoms with Crippen molar-refractivity contribution in [3.63, 3.8) is 0 Å². The van der Waals surface area contributed by atoms with Gasteiger partial charge < -0.3 is 4.52 Å². The molecule has 1 heterocycles. The Balaban J connectivity index is 2.49. The summed E-state index contributed by atoms with van der Waals surface area (Å²) in [5.74, 6) is 0.227. The molecule has 0 spiro atoms. The number of rotatable bonds is 2. The van der Waals surface area contributed by atoms with Gasteiger partial charge in [0.15, 0.2) is 20.9 Å². The smallest absolute Gasteiger partial charge is 0.247 e. The fraction of sp³-hybridized carbons (Fsp3) is 0.667. The van der Waals surface area contributed by atoms with Crippen molar-refractivity contribution in [2.75, 3.05) is 6.26 Å². The van der Waals surface area contributed by atoms with E-state index < -0.39 is 14.6 Å². The molecule has 1 aliphatic rings. The first-order chi connectivity index (χ1) is 5.56. The van der Waals surface area contributed by atoms with E-state index in [9.17, 15) is 8.42 Å². The van der Waals surface area contributed by atoms with Crippen LogP contribution in [0.4, 0.5) is 0 Å². The molecule has 1 aromatic rings. The molecule has 0 aliphatic heterocycles. The van der Waals surface area contributed by atoms with Crippen LogP contribution in [0.15, 0.2) is 10.9 Å². The van der Waals surface area contributed by atoms with Crippen LogP contribution >= 0.6 is 0 Å². The number of hydrogen-bond donors (Lipinski definition) is 0. The summed E-state index contributed by atoms with van der Waals surface area (Å²) in [6.45, 7) is 0. The van der Waals surface area contributed by atoms with Crippen LogP contribution in [-0.4, -0.2) is 24.8 Å². The van der Waals surface area contributed by atoms with Crippen molar-refractivity contribution in [1.29, 1.82) is 0 Å². The molecular weight excluding hydrogens is 180 g/mol. The van der Waals surface area contributed by atoms with E-state index >= 15 is 0 Å². The Morgan fingerprint density at radius 1 is 1.58 bits per heavy atom. The van der Waals surface area contributed by atoms with Crippen LogP contribution in [0.1, 0.15) is 18.7 Å². The van der Waals surface area contributed by atoms with E-state index in [4.69, 9.17) is 4.52 Å². The SMILES string of the molecule is CS(=O)(=O)C1(c2ncno2)CC1. The molecule has 0 saturated heterocycles. The molecule has 6 heteroatoms. The highest BCUT2D eigenvalue weighted by Crippen LogP contribution is 2.51. The molecule has 5 nitrogen and oxygen atoms in total. The van der Waals surface area contributed by atoms with E-state index in [1.807, 2.05) is 0 Å². The Labute approximate surface area is 69.7 Å². The lowest BCUT2D eigenvalue weighted by Gasteiger charge is -2.05. The molecule has 0 N–H and O–H groups in total. The van der Waals surface area contributed by atoms with Gasteiger partial charge >= 0.3 is 0 Å². The van der Waals surface area contributed by atoms with Crippen molar-refractivity contribution in [3.05, 3.63) is 12.2 Å². The highest BCUT2D eigenvalue weighted by Gasteiger charge is 2.58. The van der Waals surface area contributed by atoms with Gasteiger partial charge in [-0.1, -0.05) is 5.16 Å². The average Bonchev–Trinajstić information content (AvgIpc) is 2.61. The van der Waals surface area contributed by atoms with Gasteiger partial charge in [0.05, 0.1) is 0 Å². The summed E-state index contributed by atoms with van der Waals surface area (Å²) >= 11 is 0. The molecule has 66 valence electrons. The highest BCUT2D eigenvalue weighted by atomic mass is 32.2. The number of sulfone groups is 1. The van der Waals surface area contributed by atoms with Gasteiger partial charge in [0.1, 0.15) is 0 Å². The van der Waals surface area contributed by atoms with Gasteiger partial charge in [0.25, 0.3) is 0 Å². The van der Waals surface area contributed by atoms with Gasteiger partial charge in [-0.25, -0.2) is 8.42 Å². The second kappa shape index (κ2) is 2.07. The standard InChI is InChI=1S/C6H8N2O3S/c1-12(9,10)6(2-3-6)5-7-4-8-11-5/h4H,2-3H2,1H3. The van der Waals surface area contributed by atoms with Crippen LogP contribution in [0.25, 0.3) is 0 Å². The van der Waals surface area contributed by atoms with Gasteiger partial charge in [0, 0.05) is 6.26 Å². The quantitative estimate of drug-likeness (QED) is 0.658. The zero-order valence-corrected chi connectivity index (χ0v) is 7.34. The normalized spacial score (nSPS) is 20.8. The third-order valence-electron chi connectivity index (χ3n) is 2.16. The van der Waals surface area contributed by atoms with E-state index in [1.165, 1.54) is 12.6 Å². The third kappa shape index (κ3) is 0.874. The van der Waals surface area contributed by atoms with Gasteiger partial charge in [-0.3, -0.25) is 0 Å². The molecule has 1 aromatic heterocycles. The molecular formula is C6H8N2O3S. The predicted octanol–water partition coefficient (Wildman–Crippen LogP) is 0.103. The van der Waals surface area contributed by atoms with E-state index in [0.717, 1.165) is 0 Å². The minimum Gasteiger partial charge on any atom is -0.338 e. The average molecular weight is 188 g/mol. The largest absolute Gasteiger partial charge is 0.338 e. The van der Waals surface area contributed by atoms with Crippen LogP contribution in [0.5, 0.6) is 0 Å². The van der Waals surface area contributed by atoms with Crippen LogP contribution in [0, 0.1) is 0 Å². The van der Waals surface area contributed by atoms with Crippen molar-refractivity contribution >= 4 is 9.84 Å². The fourth-order valence-electron chi connectivity index (χ4n) is 1.23. The maximum atomic E-state index is 11.3. The molecule has 0 amide bonds. The maximum Gasteiger partial charge on any atom is 0.247 e. The van der Waals surface area contributed by atoms with Crippen LogP contribution < -0.4 is 0 Å². The Morgan fingerprint density at radius 3 is 2.58 bits per heavy atom. The van der Waals surface area contributed by atoms with Crippen LogP contribution in [0.3, 0.4) is 0 Å². The van der Waals surface area contributed by atoms with Crippen molar-refractivity contribution < 1.29 is 12.9 Å². The summed E-state index contributed by atoms with van der Waals surface area (Å²) in [6.07, 6.45) is 3.60. The lowest BCUT2D eigenvalue weighted by Crippen LogP contribution is -2.19. The summed E-state index contributed by atoms with van der Waals surface area (Å²) in [4.78, 5) is 3.76. The van der Waals surface area contributed by atoms with E-state index in [0.29, 0.717) is 12.8 Å². The molecule has 1 aliphatic carbocycles. The lowest BCUT2D eigenvalue weighted by molar-refractivity contribution is 0.367. The molecule has 12 heavy (non-hydrogen) atoms. The molecule has 0 aromatic carbocycles. The Bertz CT molecular complexity index is 377. The summed E-state index contributed by atoms with van der Waals surface area (Å²) in [6, 6.07) is 0.